The molecule has 10 atom stereocenters. The lowest BCUT2D eigenvalue weighted by Crippen LogP contribution is -2.47. The lowest BCUT2D eigenvalue weighted by molar-refractivity contribution is -0.159. The van der Waals surface area contributed by atoms with Crippen molar-refractivity contribution in [3.8, 4) is 27.2 Å². The first-order valence-corrected chi connectivity index (χ1v) is 48.3. The first kappa shape index (κ1) is 88.0. The fourth-order valence-electron chi connectivity index (χ4n) is 18.1. The molecular weight excluding hydrogens is 1620 g/mol. The molecule has 6 aromatic rings. The van der Waals surface area contributed by atoms with Gasteiger partial charge >= 0.3 is 5.97 Å². The van der Waals surface area contributed by atoms with Crippen molar-refractivity contribution in [2.45, 2.75) is 287 Å². The maximum absolute atomic E-state index is 14.9. The van der Waals surface area contributed by atoms with Gasteiger partial charge < -0.3 is 38.4 Å². The molecule has 2 aromatic carbocycles. The number of amides is 4. The topological polar surface area (TPSA) is 337 Å². The number of rotatable bonds is 16. The van der Waals surface area contributed by atoms with Gasteiger partial charge in [0.25, 0.3) is 6.01 Å². The Bertz CT molecular complexity index is 5060. The van der Waals surface area contributed by atoms with Crippen molar-refractivity contribution in [2.24, 2.45) is 34.5 Å². The van der Waals surface area contributed by atoms with E-state index in [1.165, 1.54) is 10.6 Å². The summed E-state index contributed by atoms with van der Waals surface area (Å²) < 4.78 is 82.6. The molecule has 4 aliphatic carbocycles. The number of aromatic nitrogens is 6. The quantitative estimate of drug-likeness (QED) is 0.0598. The second-order valence-corrected chi connectivity index (χ2v) is 42.9. The van der Waals surface area contributed by atoms with E-state index < -0.39 is 94.5 Å². The number of sulfonamides is 2. The molecule has 16 rings (SSSR count). The fourth-order valence-corrected chi connectivity index (χ4v) is 23.1. The lowest BCUT2D eigenvalue weighted by atomic mass is 9.90. The van der Waals surface area contributed by atoms with E-state index >= 15 is 0 Å². The van der Waals surface area contributed by atoms with Gasteiger partial charge in [0.05, 0.1) is 74.4 Å². The zero-order valence-corrected chi connectivity index (χ0v) is 74.0. The number of nitrogens with zero attached hydrogens (tertiary/aromatic N) is 8. The number of nitrogens with one attached hydrogen (secondary N) is 2. The van der Waals surface area contributed by atoms with E-state index in [9.17, 15) is 55.5 Å². The number of carbonyl (C=O) groups is 7. The van der Waals surface area contributed by atoms with Crippen LogP contribution in [0.5, 0.6) is 6.01 Å². The normalized spacial score (nSPS) is 28.0. The molecule has 10 heterocycles. The molecule has 6 aliphatic heterocycles. The number of para-hydroxylation sites is 2. The van der Waals surface area contributed by atoms with Gasteiger partial charge in [-0.25, -0.2) is 31.8 Å². The largest absolute Gasteiger partial charge is 0.460 e. The summed E-state index contributed by atoms with van der Waals surface area (Å²) in [6, 6.07) is 11.1. The van der Waals surface area contributed by atoms with E-state index in [2.05, 4.69) is 75.6 Å². The number of carbonyl (C=O) groups excluding carboxylic acids is 7. The van der Waals surface area contributed by atoms with Gasteiger partial charge in [-0.3, -0.25) is 47.6 Å². The fraction of sp³-hybridized carbons (Fsp3) is 0.648. The molecule has 4 saturated carbocycles. The number of halogens is 1. The number of allylic oxidation sites excluding steroid dienone is 4. The van der Waals surface area contributed by atoms with Crippen LogP contribution in [0, 0.1) is 34.5 Å². The van der Waals surface area contributed by atoms with Crippen molar-refractivity contribution in [3.05, 3.63) is 88.1 Å². The summed E-state index contributed by atoms with van der Waals surface area (Å²) in [5.41, 5.74) is 4.71. The summed E-state index contributed by atoms with van der Waals surface area (Å²) in [5, 5.41) is 16.4. The van der Waals surface area contributed by atoms with Crippen LogP contribution in [-0.2, 0) is 67.8 Å². The van der Waals surface area contributed by atoms with Crippen LogP contribution in [0.15, 0.2) is 71.5 Å². The summed E-state index contributed by atoms with van der Waals surface area (Å²) in [5.74, 6) is -3.47. The summed E-state index contributed by atoms with van der Waals surface area (Å²) in [7, 11) is -7.67. The third-order valence-corrected chi connectivity index (χ3v) is 31.8. The smallest absolute Gasteiger partial charge is 0.307 e. The SMILES string of the molecule is CC(C)n1c(Cl)nc2c(-c3nc(C4CCOCC4)cs3)cccc21.CC(C)n1c(O[C@@H]2C[C@H]3C(=O)C[C@]4(C(=O)NS(=O)(=O)C5(C)CC5)C[C@H]4/C=C\CCCCC[C@H](CC(=O)OC(C)(C)C)C(=O)N3C2)nc2c(-c3nc(C4CCOCC4)cs3)cccc21.C[C@H]1CCCCC/C=C\[C@@H]2C[C@@]2(C(=O)NS(=O)(=O)C2CC2)CC(=O)[C@@H]2C[C@@H](O)CN2C1=O. The summed E-state index contributed by atoms with van der Waals surface area (Å²) in [6.07, 6.45) is 21.1. The highest BCUT2D eigenvalue weighted by atomic mass is 35.5. The van der Waals surface area contributed by atoms with Crippen molar-refractivity contribution in [3.63, 3.8) is 0 Å². The van der Waals surface area contributed by atoms with Crippen LogP contribution in [0.2, 0.25) is 5.28 Å². The highest BCUT2D eigenvalue weighted by Gasteiger charge is 2.64. The number of hydrogen-bond acceptors (Lipinski definition) is 22. The van der Waals surface area contributed by atoms with Gasteiger partial charge in [0.15, 0.2) is 11.6 Å². The second kappa shape index (κ2) is 36.2. The summed E-state index contributed by atoms with van der Waals surface area (Å²) in [4.78, 5) is 119. The molecule has 26 nitrogen and oxygen atoms in total. The Hall–Kier alpha value is -7.32. The van der Waals surface area contributed by atoms with E-state index in [1.807, 2.05) is 54.0 Å². The maximum atomic E-state index is 14.9. The van der Waals surface area contributed by atoms with E-state index in [0.717, 1.165) is 152 Å². The Labute approximate surface area is 711 Å². The van der Waals surface area contributed by atoms with Gasteiger partial charge in [0.2, 0.25) is 49.0 Å². The number of aliphatic hydroxyl groups is 1. The molecular formula is C88H117ClN10O16S4. The number of Topliss-reactive ketones (excluding diaryl/α,β-unsaturated/α-hetero) is 2. The average molecular weight is 1730 g/mol. The summed E-state index contributed by atoms with van der Waals surface area (Å²) >= 11 is 9.65. The summed E-state index contributed by atoms with van der Waals surface area (Å²) in [6.45, 7) is 20.5. The molecule has 4 amide bonds. The third kappa shape index (κ3) is 19.8. The Kier molecular flexibility index (Phi) is 26.8. The Morgan fingerprint density at radius 3 is 1.69 bits per heavy atom. The molecule has 0 spiro atoms. The molecule has 10 aliphatic rings. The van der Waals surface area contributed by atoms with Crippen molar-refractivity contribution in [1.29, 1.82) is 0 Å². The first-order chi connectivity index (χ1) is 56.7. The van der Waals surface area contributed by atoms with Gasteiger partial charge in [-0.2, -0.15) is 4.98 Å². The van der Waals surface area contributed by atoms with Crippen molar-refractivity contribution >= 4 is 118 Å². The third-order valence-electron chi connectivity index (χ3n) is 25.8. The van der Waals surface area contributed by atoms with Crippen molar-refractivity contribution in [1.82, 2.24) is 48.3 Å². The minimum Gasteiger partial charge on any atom is -0.460 e. The maximum Gasteiger partial charge on any atom is 0.307 e. The van der Waals surface area contributed by atoms with Crippen LogP contribution in [0.25, 0.3) is 43.2 Å². The molecule has 119 heavy (non-hydrogen) atoms. The number of ketones is 2. The van der Waals surface area contributed by atoms with E-state index in [-0.39, 0.29) is 98.4 Å². The molecule has 0 bridgehead atoms. The standard InChI is InChI=1S/C47H63N5O9S2.C23H34N2O6S.C18H20ClN3OS/c1-29(2)52-36-16-12-15-34(41-48-35(28-62-41)30-17-21-59-22-18-30)40(36)49-44(52)60-33-24-37-38(53)26-47(43(56)50-63(57,58)46(6)19-20-46)25-32(47)14-11-9-7-8-10-13-31(42(55)51(37)27-33)23-39(54)61-45(3,4)5;1-15-7-5-3-2-4-6-8-16-12-23(16,22(29)24-32(30,31)18-9-10-18)13-20(27)19-11-17(26)14-25(19)21(15)28;1-11(2)22-15-5-3-4-13(16(15)21-18(22)19)17-20-14(10-24-17)12-6-8-23-9-7-12/h11-12,14-16,28-33,37H,7-10,13,17-27H2,1-6H3,(H,50,56);6,8,15-19,26H,2-5,7,9-14H2,1H3,(H,24,29);3-5,10-12H,6-9H2,1-2H3/b14-11-;8-6-;/t31-,32-,33-,37+,47-;15-,16+,17+,19-,23+;/m10./s1. The molecule has 646 valence electrons. The number of hydrogen-bond donors (Lipinski definition) is 3. The van der Waals surface area contributed by atoms with Crippen LogP contribution in [0.1, 0.15) is 258 Å². The molecule has 4 aromatic heterocycles. The Balaban J connectivity index is 0.000000170. The van der Waals surface area contributed by atoms with Crippen LogP contribution in [-0.4, -0.2) is 181 Å². The van der Waals surface area contributed by atoms with Crippen LogP contribution >= 0.6 is 34.3 Å². The molecule has 4 saturated heterocycles. The minimum atomic E-state index is -3.96. The first-order valence-electron chi connectivity index (χ1n) is 43.1. The number of fused-ring (bicyclic) bond motifs is 6. The van der Waals surface area contributed by atoms with Gasteiger partial charge in [0, 0.05) is 116 Å². The number of esters is 1. The number of ether oxygens (including phenoxy) is 4. The van der Waals surface area contributed by atoms with Gasteiger partial charge in [-0.15, -0.1) is 22.7 Å². The van der Waals surface area contributed by atoms with E-state index in [4.69, 9.17) is 45.5 Å². The van der Waals surface area contributed by atoms with Crippen LogP contribution in [0.4, 0.5) is 0 Å². The Morgan fingerprint density at radius 2 is 1.16 bits per heavy atom. The average Bonchev–Trinajstić information content (AvgIpc) is 1.57. The number of thiazole rings is 2. The molecule has 31 heteroatoms. The van der Waals surface area contributed by atoms with Crippen LogP contribution < -0.4 is 14.2 Å². The number of aliphatic hydroxyl groups excluding tert-OH is 1. The van der Waals surface area contributed by atoms with Gasteiger partial charge in [0.1, 0.15) is 32.8 Å². The van der Waals surface area contributed by atoms with Gasteiger partial charge in [-0.1, -0.05) is 69.0 Å². The molecule has 0 radical (unpaired) electrons. The van der Waals surface area contributed by atoms with Gasteiger partial charge in [-0.05, 0) is 206 Å². The van der Waals surface area contributed by atoms with Crippen molar-refractivity contribution < 1.29 is 74.5 Å². The predicted octanol–water partition coefficient (Wildman–Crippen LogP) is 14.8. The zero-order valence-electron chi connectivity index (χ0n) is 70.0. The van der Waals surface area contributed by atoms with E-state index in [0.29, 0.717) is 74.5 Å². The molecule has 0 unspecified atom stereocenters. The Morgan fingerprint density at radius 1 is 0.647 bits per heavy atom. The highest BCUT2D eigenvalue weighted by Crippen LogP contribution is 2.59. The molecule has 3 N–H and O–H groups in total. The highest BCUT2D eigenvalue weighted by molar-refractivity contribution is 7.91. The van der Waals surface area contributed by atoms with Crippen molar-refractivity contribution in [2.75, 3.05) is 39.5 Å². The molecule has 8 fully saturated rings. The monoisotopic (exact) mass is 1730 g/mol. The predicted molar refractivity (Wildman–Crippen MR) is 456 cm³/mol. The number of imidazole rings is 2. The zero-order chi connectivity index (χ0) is 84.7. The minimum absolute atomic E-state index is 0.0599. The van der Waals surface area contributed by atoms with E-state index in [1.54, 1.807) is 55.3 Å². The second-order valence-electron chi connectivity index (χ2n) is 36.7. The lowest BCUT2D eigenvalue weighted by Gasteiger charge is -2.29. The van der Waals surface area contributed by atoms with Crippen LogP contribution in [0.3, 0.4) is 0 Å². The number of benzene rings is 2.